The van der Waals surface area contributed by atoms with E-state index >= 15 is 0 Å². The first-order valence-electron chi connectivity index (χ1n) is 5.66. The van der Waals surface area contributed by atoms with Crippen molar-refractivity contribution in [2.24, 2.45) is 0 Å². The molecule has 0 unspecified atom stereocenters. The van der Waals surface area contributed by atoms with E-state index in [1.54, 1.807) is 0 Å². The molecule has 0 radical (unpaired) electrons. The first kappa shape index (κ1) is 10.1. The summed E-state index contributed by atoms with van der Waals surface area (Å²) in [5.74, 6) is 0.885. The van der Waals surface area contributed by atoms with E-state index in [0.717, 1.165) is 28.0 Å². The highest BCUT2D eigenvalue weighted by Gasteiger charge is 2.08. The van der Waals surface area contributed by atoms with Crippen LogP contribution in [-0.4, -0.2) is 4.98 Å². The van der Waals surface area contributed by atoms with Crippen LogP contribution in [0.5, 0.6) is 0 Å². The van der Waals surface area contributed by atoms with E-state index in [2.05, 4.69) is 30.1 Å². The topological polar surface area (TPSA) is 26.0 Å². The molecule has 0 saturated carbocycles. The summed E-state index contributed by atoms with van der Waals surface area (Å²) >= 11 is 0. The number of aromatic nitrogens is 1. The monoisotopic (exact) mass is 223 g/mol. The Hall–Kier alpha value is -2.09. The Bertz CT molecular complexity index is 649. The van der Waals surface area contributed by atoms with Gasteiger partial charge in [0.25, 0.3) is 0 Å². The molecule has 0 amide bonds. The van der Waals surface area contributed by atoms with Gasteiger partial charge in [-0.25, -0.2) is 0 Å². The third-order valence-electron chi connectivity index (χ3n) is 2.94. The number of furan rings is 1. The van der Waals surface area contributed by atoms with Gasteiger partial charge in [-0.05, 0) is 37.6 Å². The molecule has 2 heterocycles. The SMILES string of the molecule is Cc1cc(C)c(-c2cc3ccccc3o2)cn1. The van der Waals surface area contributed by atoms with Crippen molar-refractivity contribution in [2.45, 2.75) is 13.8 Å². The first-order valence-corrected chi connectivity index (χ1v) is 5.66. The Morgan fingerprint density at radius 2 is 1.88 bits per heavy atom. The van der Waals surface area contributed by atoms with Gasteiger partial charge in [0, 0.05) is 22.8 Å². The number of para-hydroxylation sites is 1. The predicted octanol–water partition coefficient (Wildman–Crippen LogP) is 4.11. The summed E-state index contributed by atoms with van der Waals surface area (Å²) in [7, 11) is 0. The van der Waals surface area contributed by atoms with Crippen LogP contribution in [0.15, 0.2) is 47.0 Å². The molecule has 17 heavy (non-hydrogen) atoms. The van der Waals surface area contributed by atoms with Crippen molar-refractivity contribution in [3.05, 3.63) is 53.9 Å². The van der Waals surface area contributed by atoms with Gasteiger partial charge in [0.2, 0.25) is 0 Å². The van der Waals surface area contributed by atoms with Crippen molar-refractivity contribution in [3.63, 3.8) is 0 Å². The van der Waals surface area contributed by atoms with Crippen LogP contribution in [0.3, 0.4) is 0 Å². The zero-order valence-corrected chi connectivity index (χ0v) is 9.90. The number of fused-ring (bicyclic) bond motifs is 1. The maximum atomic E-state index is 5.83. The van der Waals surface area contributed by atoms with Gasteiger partial charge in [-0.15, -0.1) is 0 Å². The second-order valence-corrected chi connectivity index (χ2v) is 4.29. The molecule has 0 saturated heterocycles. The Balaban J connectivity index is 2.20. The number of hydrogen-bond acceptors (Lipinski definition) is 2. The Morgan fingerprint density at radius 1 is 1.06 bits per heavy atom. The van der Waals surface area contributed by atoms with Gasteiger partial charge >= 0.3 is 0 Å². The van der Waals surface area contributed by atoms with Crippen molar-refractivity contribution < 1.29 is 4.42 Å². The summed E-state index contributed by atoms with van der Waals surface area (Å²) in [4.78, 5) is 4.33. The minimum atomic E-state index is 0.885. The van der Waals surface area contributed by atoms with E-state index in [-0.39, 0.29) is 0 Å². The van der Waals surface area contributed by atoms with Crippen LogP contribution in [0.25, 0.3) is 22.3 Å². The fraction of sp³-hybridized carbons (Fsp3) is 0.133. The average molecular weight is 223 g/mol. The second kappa shape index (κ2) is 3.74. The van der Waals surface area contributed by atoms with Gasteiger partial charge in [0.1, 0.15) is 11.3 Å². The summed E-state index contributed by atoms with van der Waals surface area (Å²) in [5.41, 5.74) is 4.20. The fourth-order valence-electron chi connectivity index (χ4n) is 2.07. The van der Waals surface area contributed by atoms with E-state index < -0.39 is 0 Å². The zero-order chi connectivity index (χ0) is 11.8. The van der Waals surface area contributed by atoms with Crippen LogP contribution < -0.4 is 0 Å². The van der Waals surface area contributed by atoms with Crippen molar-refractivity contribution in [2.75, 3.05) is 0 Å². The molecule has 2 nitrogen and oxygen atoms in total. The summed E-state index contributed by atoms with van der Waals surface area (Å²) in [6.45, 7) is 4.08. The minimum absolute atomic E-state index is 0.885. The molecule has 2 aromatic heterocycles. The lowest BCUT2D eigenvalue weighted by molar-refractivity contribution is 0.630. The molecular formula is C15H13NO. The maximum Gasteiger partial charge on any atom is 0.137 e. The number of nitrogens with zero attached hydrogens (tertiary/aromatic N) is 1. The second-order valence-electron chi connectivity index (χ2n) is 4.29. The quantitative estimate of drug-likeness (QED) is 0.620. The van der Waals surface area contributed by atoms with Gasteiger partial charge in [-0.1, -0.05) is 18.2 Å². The Kier molecular flexibility index (Phi) is 2.22. The first-order chi connectivity index (χ1) is 8.24. The molecule has 0 bridgehead atoms. The Morgan fingerprint density at radius 3 is 2.65 bits per heavy atom. The minimum Gasteiger partial charge on any atom is -0.456 e. The number of hydrogen-bond donors (Lipinski definition) is 0. The van der Waals surface area contributed by atoms with Gasteiger partial charge in [0.15, 0.2) is 0 Å². The third kappa shape index (κ3) is 1.72. The predicted molar refractivity (Wildman–Crippen MR) is 68.9 cm³/mol. The molecule has 84 valence electrons. The molecule has 1 aromatic carbocycles. The van der Waals surface area contributed by atoms with Crippen molar-refractivity contribution in [1.82, 2.24) is 4.98 Å². The lowest BCUT2D eigenvalue weighted by Gasteiger charge is -2.02. The molecule has 3 rings (SSSR count). The van der Waals surface area contributed by atoms with Gasteiger partial charge < -0.3 is 4.42 Å². The molecule has 0 spiro atoms. The summed E-state index contributed by atoms with van der Waals surface area (Å²) < 4.78 is 5.83. The molecule has 0 aliphatic carbocycles. The average Bonchev–Trinajstić information content (AvgIpc) is 2.72. The van der Waals surface area contributed by atoms with E-state index in [4.69, 9.17) is 4.42 Å². The number of aryl methyl sites for hydroxylation is 2. The molecule has 0 fully saturated rings. The van der Waals surface area contributed by atoms with Crippen molar-refractivity contribution in [1.29, 1.82) is 0 Å². The van der Waals surface area contributed by atoms with Crippen LogP contribution in [0.4, 0.5) is 0 Å². The highest BCUT2D eigenvalue weighted by atomic mass is 16.3. The highest BCUT2D eigenvalue weighted by molar-refractivity contribution is 5.83. The molecule has 0 aliphatic rings. The third-order valence-corrected chi connectivity index (χ3v) is 2.94. The fourth-order valence-corrected chi connectivity index (χ4v) is 2.07. The summed E-state index contributed by atoms with van der Waals surface area (Å²) in [5, 5.41) is 1.13. The smallest absolute Gasteiger partial charge is 0.137 e. The standard InChI is InChI=1S/C15H13NO/c1-10-7-11(2)16-9-13(10)15-8-12-5-3-4-6-14(12)17-15/h3-9H,1-2H3. The van der Waals surface area contributed by atoms with Crippen LogP contribution in [0.2, 0.25) is 0 Å². The normalized spacial score (nSPS) is 10.9. The van der Waals surface area contributed by atoms with E-state index in [9.17, 15) is 0 Å². The molecule has 2 heteroatoms. The molecule has 0 atom stereocenters. The number of benzene rings is 1. The Labute approximate surface area is 99.9 Å². The summed E-state index contributed by atoms with van der Waals surface area (Å²) in [6.07, 6.45) is 1.88. The molecule has 3 aromatic rings. The molecular weight excluding hydrogens is 210 g/mol. The lowest BCUT2D eigenvalue weighted by atomic mass is 10.1. The van der Waals surface area contributed by atoms with Crippen LogP contribution in [0.1, 0.15) is 11.3 Å². The number of pyridine rings is 1. The van der Waals surface area contributed by atoms with E-state index in [1.807, 2.05) is 31.3 Å². The highest BCUT2D eigenvalue weighted by Crippen LogP contribution is 2.29. The zero-order valence-electron chi connectivity index (χ0n) is 9.90. The summed E-state index contributed by atoms with van der Waals surface area (Å²) in [6, 6.07) is 12.2. The van der Waals surface area contributed by atoms with Gasteiger partial charge in [0.05, 0.1) is 0 Å². The van der Waals surface area contributed by atoms with Crippen LogP contribution in [0, 0.1) is 13.8 Å². The lowest BCUT2D eigenvalue weighted by Crippen LogP contribution is -1.86. The van der Waals surface area contributed by atoms with Crippen LogP contribution >= 0.6 is 0 Å². The molecule has 0 aliphatic heterocycles. The maximum absolute atomic E-state index is 5.83. The van der Waals surface area contributed by atoms with E-state index in [1.165, 1.54) is 5.56 Å². The number of rotatable bonds is 1. The van der Waals surface area contributed by atoms with Crippen molar-refractivity contribution >= 4 is 11.0 Å². The van der Waals surface area contributed by atoms with Gasteiger partial charge in [-0.2, -0.15) is 0 Å². The van der Waals surface area contributed by atoms with Gasteiger partial charge in [-0.3, -0.25) is 4.98 Å². The van der Waals surface area contributed by atoms with Crippen molar-refractivity contribution in [3.8, 4) is 11.3 Å². The van der Waals surface area contributed by atoms with Crippen LogP contribution in [-0.2, 0) is 0 Å². The van der Waals surface area contributed by atoms with E-state index in [0.29, 0.717) is 0 Å². The largest absolute Gasteiger partial charge is 0.456 e. The molecule has 0 N–H and O–H groups in total.